The SMILES string of the molecule is O=C(CN1C(=O)C(=Cc2ccc(C(F)(F)F)cc2)Sc2ccccc21)N1CCN(c2ncccn2)CC1. The highest BCUT2D eigenvalue weighted by atomic mass is 32.2. The molecule has 0 bridgehead atoms. The number of thioether (sulfide) groups is 1. The summed E-state index contributed by atoms with van der Waals surface area (Å²) in [5.74, 6) is 0.0654. The van der Waals surface area contributed by atoms with Gasteiger partial charge in [-0.15, -0.1) is 0 Å². The summed E-state index contributed by atoms with van der Waals surface area (Å²) in [6, 6.07) is 13.6. The molecule has 11 heteroatoms. The standard InChI is InChI=1S/C26H22F3N5O2S/c27-26(28,29)19-8-6-18(7-9-19)16-22-24(36)34(20-4-1-2-5-21(20)37-22)17-23(35)32-12-14-33(15-13-32)25-30-10-3-11-31-25/h1-11,16H,12-15,17H2. The lowest BCUT2D eigenvalue weighted by Crippen LogP contribution is -2.52. The van der Waals surface area contributed by atoms with E-state index in [0.29, 0.717) is 48.3 Å². The van der Waals surface area contributed by atoms with E-state index < -0.39 is 11.7 Å². The number of halogens is 3. The van der Waals surface area contributed by atoms with Gasteiger partial charge in [0, 0.05) is 43.5 Å². The van der Waals surface area contributed by atoms with E-state index in [9.17, 15) is 22.8 Å². The summed E-state index contributed by atoms with van der Waals surface area (Å²) in [5, 5.41) is 0. The topological polar surface area (TPSA) is 69.6 Å². The van der Waals surface area contributed by atoms with Gasteiger partial charge in [-0.2, -0.15) is 13.2 Å². The summed E-state index contributed by atoms with van der Waals surface area (Å²) in [6.45, 7) is 1.97. The minimum Gasteiger partial charge on any atom is -0.338 e. The molecule has 3 heterocycles. The number of carbonyl (C=O) groups is 2. The molecular weight excluding hydrogens is 503 g/mol. The van der Waals surface area contributed by atoms with Crippen LogP contribution < -0.4 is 9.80 Å². The summed E-state index contributed by atoms with van der Waals surface area (Å²) in [5.41, 5.74) is 0.342. The van der Waals surface area contributed by atoms with Gasteiger partial charge in [0.1, 0.15) is 6.54 Å². The first-order chi connectivity index (χ1) is 17.8. The lowest BCUT2D eigenvalue weighted by molar-refractivity contribution is -0.137. The van der Waals surface area contributed by atoms with Crippen LogP contribution in [-0.2, 0) is 15.8 Å². The number of benzene rings is 2. The van der Waals surface area contributed by atoms with Crippen molar-refractivity contribution < 1.29 is 22.8 Å². The molecule has 37 heavy (non-hydrogen) atoms. The number of alkyl halides is 3. The largest absolute Gasteiger partial charge is 0.416 e. The van der Waals surface area contributed by atoms with E-state index in [4.69, 9.17) is 0 Å². The number of carbonyl (C=O) groups excluding carboxylic acids is 2. The average molecular weight is 526 g/mol. The number of hydrogen-bond acceptors (Lipinski definition) is 6. The van der Waals surface area contributed by atoms with Crippen LogP contribution in [0.1, 0.15) is 11.1 Å². The Bertz CT molecular complexity index is 1320. The van der Waals surface area contributed by atoms with Gasteiger partial charge in [0.25, 0.3) is 5.91 Å². The molecule has 0 radical (unpaired) electrons. The van der Waals surface area contributed by atoms with Gasteiger partial charge < -0.3 is 9.80 Å². The molecule has 5 rings (SSSR count). The number of fused-ring (bicyclic) bond motifs is 1. The molecular formula is C26H22F3N5O2S. The molecule has 2 aromatic carbocycles. The number of rotatable bonds is 4. The zero-order chi connectivity index (χ0) is 26.0. The number of aromatic nitrogens is 2. The Labute approximate surface area is 215 Å². The highest BCUT2D eigenvalue weighted by molar-refractivity contribution is 8.04. The first kappa shape index (κ1) is 24.8. The third-order valence-electron chi connectivity index (χ3n) is 6.13. The quantitative estimate of drug-likeness (QED) is 0.473. The van der Waals surface area contributed by atoms with E-state index in [1.54, 1.807) is 41.6 Å². The predicted octanol–water partition coefficient (Wildman–Crippen LogP) is 4.32. The second-order valence-corrected chi connectivity index (χ2v) is 9.59. The fraction of sp³-hybridized carbons (Fsp3) is 0.231. The van der Waals surface area contributed by atoms with Crippen molar-refractivity contribution in [2.45, 2.75) is 11.1 Å². The average Bonchev–Trinajstić information content (AvgIpc) is 2.91. The zero-order valence-corrected chi connectivity index (χ0v) is 20.4. The van der Waals surface area contributed by atoms with Gasteiger partial charge in [-0.05, 0) is 42.0 Å². The molecule has 2 aliphatic heterocycles. The first-order valence-corrected chi connectivity index (χ1v) is 12.4. The third-order valence-corrected chi connectivity index (χ3v) is 7.21. The molecule has 0 unspecified atom stereocenters. The lowest BCUT2D eigenvalue weighted by atomic mass is 10.1. The molecule has 1 fully saturated rings. The van der Waals surface area contributed by atoms with Crippen molar-refractivity contribution in [3.8, 4) is 0 Å². The Hall–Kier alpha value is -3.86. The zero-order valence-electron chi connectivity index (χ0n) is 19.6. The molecule has 190 valence electrons. The molecule has 3 aromatic rings. The molecule has 1 saturated heterocycles. The Morgan fingerprint density at radius 2 is 1.62 bits per heavy atom. The minimum absolute atomic E-state index is 0.136. The van der Waals surface area contributed by atoms with Crippen LogP contribution in [0.15, 0.2) is 76.8 Å². The molecule has 7 nitrogen and oxygen atoms in total. The van der Waals surface area contributed by atoms with E-state index in [2.05, 4.69) is 9.97 Å². The second-order valence-electron chi connectivity index (χ2n) is 8.51. The van der Waals surface area contributed by atoms with Crippen LogP contribution >= 0.6 is 11.8 Å². The number of para-hydroxylation sites is 1. The normalized spacial score (nSPS) is 17.2. The second kappa shape index (κ2) is 10.3. The molecule has 0 aliphatic carbocycles. The molecule has 0 atom stereocenters. The van der Waals surface area contributed by atoms with Crippen LogP contribution in [0.5, 0.6) is 0 Å². The minimum atomic E-state index is -4.43. The predicted molar refractivity (Wildman–Crippen MR) is 135 cm³/mol. The van der Waals surface area contributed by atoms with Crippen molar-refractivity contribution >= 4 is 41.3 Å². The Morgan fingerprint density at radius 3 is 2.30 bits per heavy atom. The smallest absolute Gasteiger partial charge is 0.338 e. The molecule has 2 aliphatic rings. The van der Waals surface area contributed by atoms with Crippen molar-refractivity contribution in [2.24, 2.45) is 0 Å². The van der Waals surface area contributed by atoms with Crippen LogP contribution in [0.25, 0.3) is 6.08 Å². The van der Waals surface area contributed by atoms with Gasteiger partial charge >= 0.3 is 6.18 Å². The lowest BCUT2D eigenvalue weighted by Gasteiger charge is -2.36. The van der Waals surface area contributed by atoms with Crippen LogP contribution in [0.4, 0.5) is 24.8 Å². The van der Waals surface area contributed by atoms with Crippen molar-refractivity contribution in [1.82, 2.24) is 14.9 Å². The van der Waals surface area contributed by atoms with E-state index in [-0.39, 0.29) is 18.4 Å². The van der Waals surface area contributed by atoms with Gasteiger partial charge in [-0.1, -0.05) is 36.0 Å². The van der Waals surface area contributed by atoms with Crippen molar-refractivity contribution in [3.05, 3.63) is 83.0 Å². The maximum Gasteiger partial charge on any atom is 0.416 e. The number of anilines is 2. The van der Waals surface area contributed by atoms with Crippen molar-refractivity contribution in [2.75, 3.05) is 42.5 Å². The van der Waals surface area contributed by atoms with Crippen LogP contribution in [0, 0.1) is 0 Å². The summed E-state index contributed by atoms with van der Waals surface area (Å²) in [7, 11) is 0. The highest BCUT2D eigenvalue weighted by Crippen LogP contribution is 2.42. The van der Waals surface area contributed by atoms with E-state index >= 15 is 0 Å². The van der Waals surface area contributed by atoms with E-state index in [0.717, 1.165) is 17.0 Å². The highest BCUT2D eigenvalue weighted by Gasteiger charge is 2.33. The third kappa shape index (κ3) is 5.46. The van der Waals surface area contributed by atoms with Crippen molar-refractivity contribution in [3.63, 3.8) is 0 Å². The number of hydrogen-bond donors (Lipinski definition) is 0. The van der Waals surface area contributed by atoms with Gasteiger partial charge in [-0.3, -0.25) is 14.5 Å². The van der Waals surface area contributed by atoms with Crippen LogP contribution in [-0.4, -0.2) is 59.4 Å². The van der Waals surface area contributed by atoms with Crippen LogP contribution in [0.2, 0.25) is 0 Å². The summed E-state index contributed by atoms with van der Waals surface area (Å²) in [6.07, 6.45) is 0.468. The van der Waals surface area contributed by atoms with E-state index in [1.807, 2.05) is 17.0 Å². The summed E-state index contributed by atoms with van der Waals surface area (Å²) in [4.78, 5) is 41.4. The van der Waals surface area contributed by atoms with Crippen LogP contribution in [0.3, 0.4) is 0 Å². The Kier molecular flexibility index (Phi) is 6.88. The molecule has 2 amide bonds. The maximum atomic E-state index is 13.4. The fourth-order valence-corrected chi connectivity index (χ4v) is 5.24. The maximum absolute atomic E-state index is 13.4. The molecule has 1 aromatic heterocycles. The molecule has 0 N–H and O–H groups in total. The number of nitrogens with zero attached hydrogens (tertiary/aromatic N) is 5. The summed E-state index contributed by atoms with van der Waals surface area (Å²) >= 11 is 1.24. The number of piperazine rings is 1. The van der Waals surface area contributed by atoms with Gasteiger partial charge in [0.2, 0.25) is 11.9 Å². The van der Waals surface area contributed by atoms with E-state index in [1.165, 1.54) is 28.8 Å². The fourth-order valence-electron chi connectivity index (χ4n) is 4.18. The number of amides is 2. The molecule has 0 spiro atoms. The van der Waals surface area contributed by atoms with Gasteiger partial charge in [-0.25, -0.2) is 9.97 Å². The summed E-state index contributed by atoms with van der Waals surface area (Å²) < 4.78 is 38.7. The van der Waals surface area contributed by atoms with Gasteiger partial charge in [0.15, 0.2) is 0 Å². The monoisotopic (exact) mass is 525 g/mol. The Morgan fingerprint density at radius 1 is 0.946 bits per heavy atom. The van der Waals surface area contributed by atoms with Gasteiger partial charge in [0.05, 0.1) is 16.2 Å². The van der Waals surface area contributed by atoms with Crippen molar-refractivity contribution in [1.29, 1.82) is 0 Å². The first-order valence-electron chi connectivity index (χ1n) is 11.6. The molecule has 0 saturated carbocycles. The Balaban J connectivity index is 1.32.